The lowest BCUT2D eigenvalue weighted by atomic mass is 9.93. The Morgan fingerprint density at radius 1 is 0.842 bits per heavy atom. The number of hydrogen-bond acceptors (Lipinski definition) is 6. The van der Waals surface area contributed by atoms with Crippen molar-refractivity contribution in [2.75, 3.05) is 26.6 Å². The molecule has 7 heteroatoms. The van der Waals surface area contributed by atoms with Crippen molar-refractivity contribution in [3.63, 3.8) is 0 Å². The molecule has 0 saturated carbocycles. The number of rotatable bonds is 8. The SMILES string of the molecule is COC(=O)C(=C(/C)c1cc(OC)cc(OC)c1)/C(=C\c1ccccc1)C(=O)Nc1cccc2cccnc12. The fourth-order valence-electron chi connectivity index (χ4n) is 4.10. The molecular weight excluding hydrogens is 480 g/mol. The van der Waals surface area contributed by atoms with Crippen LogP contribution in [-0.2, 0) is 14.3 Å². The number of anilines is 1. The lowest BCUT2D eigenvalue weighted by molar-refractivity contribution is -0.136. The second kappa shape index (κ2) is 11.9. The monoisotopic (exact) mass is 508 g/mol. The molecule has 0 aliphatic carbocycles. The molecular formula is C31H28N2O5. The maximum absolute atomic E-state index is 13.9. The molecule has 0 spiro atoms. The van der Waals surface area contributed by atoms with Crippen LogP contribution in [0.3, 0.4) is 0 Å². The number of benzene rings is 3. The van der Waals surface area contributed by atoms with Crippen LogP contribution in [0.5, 0.6) is 11.5 Å². The van der Waals surface area contributed by atoms with Gasteiger partial charge in [-0.3, -0.25) is 9.78 Å². The Hall–Kier alpha value is -4.91. The summed E-state index contributed by atoms with van der Waals surface area (Å²) < 4.78 is 16.0. The van der Waals surface area contributed by atoms with E-state index in [4.69, 9.17) is 14.2 Å². The van der Waals surface area contributed by atoms with Crippen LogP contribution >= 0.6 is 0 Å². The van der Waals surface area contributed by atoms with Crippen LogP contribution < -0.4 is 14.8 Å². The summed E-state index contributed by atoms with van der Waals surface area (Å²) in [4.78, 5) is 31.6. The molecule has 1 heterocycles. The van der Waals surface area contributed by atoms with E-state index in [-0.39, 0.29) is 11.1 Å². The molecule has 0 aliphatic heterocycles. The third kappa shape index (κ3) is 5.73. The van der Waals surface area contributed by atoms with E-state index in [9.17, 15) is 9.59 Å². The number of para-hydroxylation sites is 1. The minimum atomic E-state index is -0.655. The van der Waals surface area contributed by atoms with Crippen LogP contribution in [0.25, 0.3) is 22.6 Å². The van der Waals surface area contributed by atoms with Crippen molar-refractivity contribution < 1.29 is 23.8 Å². The average molecular weight is 509 g/mol. The number of carbonyl (C=O) groups is 2. The second-order valence-corrected chi connectivity index (χ2v) is 8.40. The zero-order chi connectivity index (χ0) is 27.1. The molecule has 1 N–H and O–H groups in total. The van der Waals surface area contributed by atoms with Gasteiger partial charge in [-0.25, -0.2) is 4.79 Å². The van der Waals surface area contributed by atoms with E-state index >= 15 is 0 Å². The molecule has 0 saturated heterocycles. The Labute approximate surface area is 221 Å². The van der Waals surface area contributed by atoms with E-state index in [0.29, 0.717) is 33.8 Å². The Morgan fingerprint density at radius 3 is 2.18 bits per heavy atom. The van der Waals surface area contributed by atoms with Crippen molar-refractivity contribution in [2.24, 2.45) is 0 Å². The summed E-state index contributed by atoms with van der Waals surface area (Å²) in [6.07, 6.45) is 3.33. The first kappa shape index (κ1) is 26.2. The highest BCUT2D eigenvalue weighted by Gasteiger charge is 2.26. The van der Waals surface area contributed by atoms with E-state index in [0.717, 1.165) is 10.9 Å². The van der Waals surface area contributed by atoms with Crippen molar-refractivity contribution >= 4 is 40.1 Å². The molecule has 0 unspecified atom stereocenters. The van der Waals surface area contributed by atoms with Crippen molar-refractivity contribution in [1.29, 1.82) is 0 Å². The second-order valence-electron chi connectivity index (χ2n) is 8.40. The van der Waals surface area contributed by atoms with Gasteiger partial charge >= 0.3 is 5.97 Å². The van der Waals surface area contributed by atoms with Crippen molar-refractivity contribution in [1.82, 2.24) is 4.98 Å². The van der Waals surface area contributed by atoms with Gasteiger partial charge < -0.3 is 19.5 Å². The average Bonchev–Trinajstić information content (AvgIpc) is 2.96. The molecule has 0 fully saturated rings. The van der Waals surface area contributed by atoms with Gasteiger partial charge in [-0.1, -0.05) is 48.5 Å². The van der Waals surface area contributed by atoms with Gasteiger partial charge in [0.1, 0.15) is 11.5 Å². The van der Waals surface area contributed by atoms with Gasteiger partial charge in [0.2, 0.25) is 0 Å². The summed E-state index contributed by atoms with van der Waals surface area (Å²) in [5.41, 5.74) is 3.30. The maximum atomic E-state index is 13.9. The van der Waals surface area contributed by atoms with Crippen LogP contribution in [0.2, 0.25) is 0 Å². The number of esters is 1. The lowest BCUT2D eigenvalue weighted by Crippen LogP contribution is -2.21. The van der Waals surface area contributed by atoms with E-state index in [1.165, 1.54) is 7.11 Å². The van der Waals surface area contributed by atoms with Crippen molar-refractivity contribution in [2.45, 2.75) is 6.92 Å². The largest absolute Gasteiger partial charge is 0.497 e. The number of fused-ring (bicyclic) bond motifs is 1. The number of allylic oxidation sites excluding steroid dienone is 1. The Bertz CT molecular complexity index is 1510. The fourth-order valence-corrected chi connectivity index (χ4v) is 4.10. The third-order valence-electron chi connectivity index (χ3n) is 6.05. The first-order valence-electron chi connectivity index (χ1n) is 11.9. The van der Waals surface area contributed by atoms with Gasteiger partial charge in [-0.05, 0) is 54.0 Å². The zero-order valence-corrected chi connectivity index (χ0v) is 21.6. The summed E-state index contributed by atoms with van der Waals surface area (Å²) in [6.45, 7) is 1.76. The predicted molar refractivity (Wildman–Crippen MR) is 149 cm³/mol. The first-order chi connectivity index (χ1) is 18.4. The molecule has 0 atom stereocenters. The highest BCUT2D eigenvalue weighted by molar-refractivity contribution is 6.20. The van der Waals surface area contributed by atoms with Gasteiger partial charge in [-0.2, -0.15) is 0 Å². The molecule has 4 aromatic rings. The predicted octanol–water partition coefficient (Wildman–Crippen LogP) is 5.92. The smallest absolute Gasteiger partial charge is 0.338 e. The molecule has 38 heavy (non-hydrogen) atoms. The number of nitrogens with zero attached hydrogens (tertiary/aromatic N) is 1. The molecule has 192 valence electrons. The summed E-state index contributed by atoms with van der Waals surface area (Å²) in [5, 5.41) is 3.83. The van der Waals surface area contributed by atoms with Crippen LogP contribution in [0.4, 0.5) is 5.69 Å². The van der Waals surface area contributed by atoms with Crippen molar-refractivity contribution in [3.8, 4) is 11.5 Å². The summed E-state index contributed by atoms with van der Waals surface area (Å²) in [5.74, 6) is -0.0511. The number of methoxy groups -OCH3 is 3. The van der Waals surface area contributed by atoms with Crippen LogP contribution in [-0.4, -0.2) is 38.2 Å². The lowest BCUT2D eigenvalue weighted by Gasteiger charge is -2.17. The number of nitrogens with one attached hydrogen (secondary N) is 1. The summed E-state index contributed by atoms with van der Waals surface area (Å²) in [7, 11) is 4.38. The molecule has 7 nitrogen and oxygen atoms in total. The Balaban J connectivity index is 1.91. The topological polar surface area (TPSA) is 86.8 Å². The van der Waals surface area contributed by atoms with Gasteiger partial charge in [0.25, 0.3) is 5.91 Å². The molecule has 0 bridgehead atoms. The highest BCUT2D eigenvalue weighted by atomic mass is 16.5. The van der Waals surface area contributed by atoms with Crippen LogP contribution in [0.15, 0.2) is 96.2 Å². The number of carbonyl (C=O) groups excluding carboxylic acids is 2. The first-order valence-corrected chi connectivity index (χ1v) is 11.9. The van der Waals surface area contributed by atoms with Gasteiger partial charge in [-0.15, -0.1) is 0 Å². The normalized spacial score (nSPS) is 11.9. The molecule has 1 aromatic heterocycles. The number of pyridine rings is 1. The molecule has 1 amide bonds. The quantitative estimate of drug-likeness (QED) is 0.181. The molecule has 4 rings (SSSR count). The molecule has 0 aliphatic rings. The van der Waals surface area contributed by atoms with Crippen LogP contribution in [0, 0.1) is 0 Å². The standard InChI is InChI=1S/C31H28N2O5/c1-20(23-17-24(36-2)19-25(18-23)37-3)28(31(35)38-4)26(16-21-10-6-5-7-11-21)30(34)33-27-14-8-12-22-13-9-15-32-29(22)27/h5-19H,1-4H3,(H,33,34)/b26-16+,28-20-. The summed E-state index contributed by atoms with van der Waals surface area (Å²) >= 11 is 0. The minimum Gasteiger partial charge on any atom is -0.497 e. The van der Waals surface area contributed by atoms with Gasteiger partial charge in [0, 0.05) is 17.6 Å². The number of amides is 1. The zero-order valence-electron chi connectivity index (χ0n) is 21.6. The van der Waals surface area contributed by atoms with E-state index in [1.54, 1.807) is 57.7 Å². The summed E-state index contributed by atoms with van der Waals surface area (Å²) in [6, 6.07) is 23.8. The third-order valence-corrected chi connectivity index (χ3v) is 6.05. The van der Waals surface area contributed by atoms with E-state index < -0.39 is 11.9 Å². The highest BCUT2D eigenvalue weighted by Crippen LogP contribution is 2.32. The Morgan fingerprint density at radius 2 is 1.53 bits per heavy atom. The van der Waals surface area contributed by atoms with Gasteiger partial charge in [0.05, 0.1) is 43.7 Å². The van der Waals surface area contributed by atoms with E-state index in [2.05, 4.69) is 10.3 Å². The Kier molecular flexibility index (Phi) is 8.18. The fraction of sp³-hybridized carbons (Fsp3) is 0.129. The number of ether oxygens (including phenoxy) is 3. The number of aromatic nitrogens is 1. The molecule has 0 radical (unpaired) electrons. The number of hydrogen-bond donors (Lipinski definition) is 1. The van der Waals surface area contributed by atoms with E-state index in [1.807, 2.05) is 54.6 Å². The minimum absolute atomic E-state index is 0.109. The molecule has 3 aromatic carbocycles. The van der Waals surface area contributed by atoms with Crippen LogP contribution in [0.1, 0.15) is 18.1 Å². The maximum Gasteiger partial charge on any atom is 0.338 e. The van der Waals surface area contributed by atoms with Gasteiger partial charge in [0.15, 0.2) is 0 Å². The van der Waals surface area contributed by atoms with Crippen molar-refractivity contribution in [3.05, 3.63) is 107 Å².